The maximum absolute atomic E-state index is 12.4. The van der Waals surface area contributed by atoms with E-state index in [0.29, 0.717) is 22.2 Å². The highest BCUT2D eigenvalue weighted by Gasteiger charge is 2.29. The number of halogens is 1. The second-order valence-corrected chi connectivity index (χ2v) is 7.37. The second kappa shape index (κ2) is 5.31. The van der Waals surface area contributed by atoms with Gasteiger partial charge in [-0.25, -0.2) is 13.1 Å². The van der Waals surface area contributed by atoms with Gasteiger partial charge in [0, 0.05) is 16.8 Å². The quantitative estimate of drug-likeness (QED) is 0.843. The van der Waals surface area contributed by atoms with Crippen molar-refractivity contribution in [3.63, 3.8) is 0 Å². The predicted molar refractivity (Wildman–Crippen MR) is 77.7 cm³/mol. The number of rotatable bonds is 3. The highest BCUT2D eigenvalue weighted by molar-refractivity contribution is 7.89. The van der Waals surface area contributed by atoms with E-state index in [9.17, 15) is 8.42 Å². The summed E-state index contributed by atoms with van der Waals surface area (Å²) in [6.07, 6.45) is 3.00. The maximum Gasteiger partial charge on any atom is 0.241 e. The SMILES string of the molecule is Cc1c(N)cc(Cl)cc1S(=O)(=O)NC1CCCC1C. The fourth-order valence-corrected chi connectivity index (χ4v) is 4.51. The summed E-state index contributed by atoms with van der Waals surface area (Å²) in [5.74, 6) is 0.367. The molecule has 4 nitrogen and oxygen atoms in total. The number of hydrogen-bond acceptors (Lipinski definition) is 3. The van der Waals surface area contributed by atoms with E-state index in [4.69, 9.17) is 17.3 Å². The molecule has 2 unspecified atom stereocenters. The molecular weight excluding hydrogens is 284 g/mol. The van der Waals surface area contributed by atoms with E-state index in [2.05, 4.69) is 11.6 Å². The molecule has 2 rings (SSSR count). The molecule has 1 aromatic carbocycles. The Labute approximate surface area is 119 Å². The minimum atomic E-state index is -3.57. The molecule has 1 fully saturated rings. The van der Waals surface area contributed by atoms with Crippen LogP contribution in [0, 0.1) is 12.8 Å². The molecule has 1 saturated carbocycles. The van der Waals surface area contributed by atoms with E-state index in [-0.39, 0.29) is 10.9 Å². The molecule has 2 atom stereocenters. The molecule has 1 aliphatic rings. The highest BCUT2D eigenvalue weighted by Crippen LogP contribution is 2.29. The maximum atomic E-state index is 12.4. The number of nitrogens with two attached hydrogens (primary N) is 1. The summed E-state index contributed by atoms with van der Waals surface area (Å²) in [6, 6.07) is 3.02. The first kappa shape index (κ1) is 14.6. The molecule has 19 heavy (non-hydrogen) atoms. The minimum absolute atomic E-state index is 0.00426. The average molecular weight is 303 g/mol. The standard InChI is InChI=1S/C13H19ClN2O2S/c1-8-4-3-5-12(8)16-19(17,18)13-7-10(14)6-11(15)9(13)2/h6-8,12,16H,3-5,15H2,1-2H3. The fourth-order valence-electron chi connectivity index (χ4n) is 2.54. The predicted octanol–water partition coefficient (Wildman–Crippen LogP) is 2.70. The van der Waals surface area contributed by atoms with Gasteiger partial charge in [-0.3, -0.25) is 0 Å². The van der Waals surface area contributed by atoms with Gasteiger partial charge in [0.1, 0.15) is 0 Å². The smallest absolute Gasteiger partial charge is 0.241 e. The van der Waals surface area contributed by atoms with Crippen molar-refractivity contribution in [1.29, 1.82) is 0 Å². The van der Waals surface area contributed by atoms with Crippen molar-refractivity contribution in [2.24, 2.45) is 5.92 Å². The molecule has 0 amide bonds. The third-order valence-corrected chi connectivity index (χ3v) is 5.66. The van der Waals surface area contributed by atoms with Crippen molar-refractivity contribution in [3.05, 3.63) is 22.7 Å². The summed E-state index contributed by atoms with van der Waals surface area (Å²) >= 11 is 5.90. The lowest BCUT2D eigenvalue weighted by Crippen LogP contribution is -2.36. The number of hydrogen-bond donors (Lipinski definition) is 2. The number of nitrogen functional groups attached to an aromatic ring is 1. The topological polar surface area (TPSA) is 72.2 Å². The van der Waals surface area contributed by atoms with Gasteiger partial charge < -0.3 is 5.73 Å². The summed E-state index contributed by atoms with van der Waals surface area (Å²) in [5, 5.41) is 0.336. The zero-order chi connectivity index (χ0) is 14.2. The fraction of sp³-hybridized carbons (Fsp3) is 0.538. The molecule has 1 aromatic rings. The Morgan fingerprint density at radius 1 is 1.37 bits per heavy atom. The largest absolute Gasteiger partial charge is 0.398 e. The van der Waals surface area contributed by atoms with Crippen molar-refractivity contribution >= 4 is 27.3 Å². The van der Waals surface area contributed by atoms with Gasteiger partial charge in [-0.05, 0) is 43.4 Å². The Bertz CT molecular complexity index is 587. The Kier molecular flexibility index (Phi) is 4.08. The first-order valence-electron chi connectivity index (χ1n) is 6.39. The summed E-state index contributed by atoms with van der Waals surface area (Å²) < 4.78 is 27.6. The van der Waals surface area contributed by atoms with Crippen molar-refractivity contribution in [1.82, 2.24) is 4.72 Å². The van der Waals surface area contributed by atoms with Crippen LogP contribution in [0.4, 0.5) is 5.69 Å². The zero-order valence-corrected chi connectivity index (χ0v) is 12.7. The molecule has 0 saturated heterocycles. The van der Waals surface area contributed by atoms with E-state index in [1.54, 1.807) is 13.0 Å². The normalized spacial score (nSPS) is 23.7. The van der Waals surface area contributed by atoms with Gasteiger partial charge in [-0.15, -0.1) is 0 Å². The van der Waals surface area contributed by atoms with Crippen LogP contribution in [-0.4, -0.2) is 14.5 Å². The lowest BCUT2D eigenvalue weighted by atomic mass is 10.1. The molecular formula is C13H19ClN2O2S. The molecule has 0 heterocycles. The van der Waals surface area contributed by atoms with Crippen LogP contribution in [0.15, 0.2) is 17.0 Å². The first-order chi connectivity index (χ1) is 8.81. The second-order valence-electron chi connectivity index (χ2n) is 5.25. The molecule has 0 aliphatic heterocycles. The van der Waals surface area contributed by atoms with Crippen molar-refractivity contribution < 1.29 is 8.42 Å². The van der Waals surface area contributed by atoms with E-state index in [0.717, 1.165) is 19.3 Å². The number of benzene rings is 1. The average Bonchev–Trinajstić information content (AvgIpc) is 2.69. The van der Waals surface area contributed by atoms with E-state index in [1.165, 1.54) is 6.07 Å². The van der Waals surface area contributed by atoms with Crippen molar-refractivity contribution in [3.8, 4) is 0 Å². The molecule has 0 bridgehead atoms. The van der Waals surface area contributed by atoms with Gasteiger partial charge in [0.2, 0.25) is 10.0 Å². The first-order valence-corrected chi connectivity index (χ1v) is 8.25. The Balaban J connectivity index is 2.34. The van der Waals surface area contributed by atoms with Gasteiger partial charge in [0.05, 0.1) is 4.90 Å². The van der Waals surface area contributed by atoms with E-state index >= 15 is 0 Å². The molecule has 0 spiro atoms. The van der Waals surface area contributed by atoms with Crippen LogP contribution in [-0.2, 0) is 10.0 Å². The van der Waals surface area contributed by atoms with Crippen molar-refractivity contribution in [2.45, 2.75) is 44.0 Å². The Morgan fingerprint density at radius 2 is 2.05 bits per heavy atom. The van der Waals surface area contributed by atoms with Crippen LogP contribution in [0.1, 0.15) is 31.7 Å². The molecule has 0 radical (unpaired) electrons. The van der Waals surface area contributed by atoms with Gasteiger partial charge in [-0.1, -0.05) is 24.9 Å². The molecule has 0 aromatic heterocycles. The molecule has 1 aliphatic carbocycles. The van der Waals surface area contributed by atoms with Gasteiger partial charge >= 0.3 is 0 Å². The van der Waals surface area contributed by atoms with Gasteiger partial charge in [-0.2, -0.15) is 0 Å². The lowest BCUT2D eigenvalue weighted by Gasteiger charge is -2.19. The number of anilines is 1. The minimum Gasteiger partial charge on any atom is -0.398 e. The molecule has 3 N–H and O–H groups in total. The number of sulfonamides is 1. The third-order valence-electron chi connectivity index (χ3n) is 3.82. The Morgan fingerprint density at radius 3 is 2.63 bits per heavy atom. The number of nitrogens with one attached hydrogen (secondary N) is 1. The van der Waals surface area contributed by atoms with Crippen LogP contribution >= 0.6 is 11.6 Å². The Hall–Kier alpha value is -0.780. The van der Waals surface area contributed by atoms with Gasteiger partial charge in [0.15, 0.2) is 0 Å². The summed E-state index contributed by atoms with van der Waals surface area (Å²) in [6.45, 7) is 3.76. The summed E-state index contributed by atoms with van der Waals surface area (Å²) in [5.41, 5.74) is 6.72. The van der Waals surface area contributed by atoms with Gasteiger partial charge in [0.25, 0.3) is 0 Å². The molecule has 106 valence electrons. The lowest BCUT2D eigenvalue weighted by molar-refractivity contribution is 0.476. The van der Waals surface area contributed by atoms with Crippen LogP contribution in [0.5, 0.6) is 0 Å². The van der Waals surface area contributed by atoms with Crippen LogP contribution in [0.25, 0.3) is 0 Å². The van der Waals surface area contributed by atoms with Crippen molar-refractivity contribution in [2.75, 3.05) is 5.73 Å². The summed E-state index contributed by atoms with van der Waals surface area (Å²) in [7, 11) is -3.57. The zero-order valence-electron chi connectivity index (χ0n) is 11.1. The van der Waals surface area contributed by atoms with Crippen LogP contribution in [0.3, 0.4) is 0 Å². The van der Waals surface area contributed by atoms with Crippen LogP contribution in [0.2, 0.25) is 5.02 Å². The third kappa shape index (κ3) is 3.04. The van der Waals surface area contributed by atoms with Crippen LogP contribution < -0.4 is 10.5 Å². The summed E-state index contributed by atoms with van der Waals surface area (Å²) in [4.78, 5) is 0.177. The highest BCUT2D eigenvalue weighted by atomic mass is 35.5. The van der Waals surface area contributed by atoms with E-state index < -0.39 is 10.0 Å². The molecule has 6 heteroatoms. The van der Waals surface area contributed by atoms with E-state index in [1.807, 2.05) is 0 Å². The monoisotopic (exact) mass is 302 g/mol.